The fourth-order valence-electron chi connectivity index (χ4n) is 3.57. The van der Waals surface area contributed by atoms with Crippen molar-refractivity contribution in [3.8, 4) is 11.1 Å². The molecule has 1 amide bonds. The van der Waals surface area contributed by atoms with Gasteiger partial charge in [0.05, 0.1) is 16.1 Å². The van der Waals surface area contributed by atoms with E-state index >= 15 is 0 Å². The van der Waals surface area contributed by atoms with Gasteiger partial charge in [-0.3, -0.25) is 4.79 Å². The molecule has 5 nitrogen and oxygen atoms in total. The highest BCUT2D eigenvalue weighted by Gasteiger charge is 2.32. The van der Waals surface area contributed by atoms with Gasteiger partial charge in [0.15, 0.2) is 0 Å². The van der Waals surface area contributed by atoms with E-state index in [1.807, 2.05) is 12.1 Å². The zero-order valence-electron chi connectivity index (χ0n) is 14.4. The summed E-state index contributed by atoms with van der Waals surface area (Å²) >= 11 is 6.37. The maximum atomic E-state index is 11.3. The van der Waals surface area contributed by atoms with Crippen LogP contribution in [0.15, 0.2) is 30.5 Å². The summed E-state index contributed by atoms with van der Waals surface area (Å²) in [7, 11) is 0. The third kappa shape index (κ3) is 2.68. The summed E-state index contributed by atoms with van der Waals surface area (Å²) in [6.45, 7) is 5.94. The van der Waals surface area contributed by atoms with Gasteiger partial charge in [0, 0.05) is 30.6 Å². The minimum atomic E-state index is -0.161. The highest BCUT2D eigenvalue weighted by atomic mass is 35.5. The highest BCUT2D eigenvalue weighted by molar-refractivity contribution is 6.33. The fraction of sp³-hybridized carbons (Fsp3) is 0.316. The van der Waals surface area contributed by atoms with Gasteiger partial charge < -0.3 is 9.88 Å². The van der Waals surface area contributed by atoms with Crippen LogP contribution >= 0.6 is 11.6 Å². The summed E-state index contributed by atoms with van der Waals surface area (Å²) < 4.78 is 2.33. The summed E-state index contributed by atoms with van der Waals surface area (Å²) in [5.74, 6) is 1.47. The Bertz CT molecular complexity index is 1010. The lowest BCUT2D eigenvalue weighted by molar-refractivity contribution is -0.114. The Kier molecular flexibility index (Phi) is 3.58. The predicted molar refractivity (Wildman–Crippen MR) is 99.9 cm³/mol. The van der Waals surface area contributed by atoms with Crippen LogP contribution in [0.5, 0.6) is 0 Å². The second-order valence-electron chi connectivity index (χ2n) is 7.11. The molecule has 25 heavy (non-hydrogen) atoms. The van der Waals surface area contributed by atoms with Crippen molar-refractivity contribution in [2.75, 3.05) is 5.32 Å². The number of hydrogen-bond donors (Lipinski definition) is 1. The fourth-order valence-corrected chi connectivity index (χ4v) is 3.79. The first-order valence-electron chi connectivity index (χ1n) is 8.30. The van der Waals surface area contributed by atoms with Crippen molar-refractivity contribution in [2.24, 2.45) is 0 Å². The molecule has 2 aromatic heterocycles. The van der Waals surface area contributed by atoms with E-state index in [0.717, 1.165) is 40.8 Å². The molecule has 0 radical (unpaired) electrons. The molecule has 1 aromatic carbocycles. The van der Waals surface area contributed by atoms with Gasteiger partial charge in [-0.2, -0.15) is 0 Å². The molecule has 3 aromatic rings. The summed E-state index contributed by atoms with van der Waals surface area (Å²) in [4.78, 5) is 20.2. The van der Waals surface area contributed by atoms with Crippen molar-refractivity contribution in [3.63, 3.8) is 0 Å². The average Bonchev–Trinajstić information content (AvgIpc) is 3.06. The van der Waals surface area contributed by atoms with Gasteiger partial charge in [0.1, 0.15) is 11.6 Å². The molecule has 0 bridgehead atoms. The van der Waals surface area contributed by atoms with E-state index in [-0.39, 0.29) is 11.4 Å². The second kappa shape index (κ2) is 5.56. The topological polar surface area (TPSA) is 59.8 Å². The number of fused-ring (bicyclic) bond motifs is 3. The van der Waals surface area contributed by atoms with Crippen LogP contribution in [0.2, 0.25) is 5.02 Å². The van der Waals surface area contributed by atoms with Crippen LogP contribution in [0, 0.1) is 0 Å². The molecule has 6 heteroatoms. The van der Waals surface area contributed by atoms with Crippen molar-refractivity contribution in [2.45, 2.75) is 39.2 Å². The molecule has 1 aliphatic rings. The Labute approximate surface area is 151 Å². The molecular weight excluding hydrogens is 336 g/mol. The zero-order valence-corrected chi connectivity index (χ0v) is 15.2. The summed E-state index contributed by atoms with van der Waals surface area (Å²) in [6.07, 6.45) is 3.66. The Morgan fingerprint density at radius 3 is 2.88 bits per heavy atom. The molecule has 0 unspecified atom stereocenters. The minimum Gasteiger partial charge on any atom is -0.322 e. The van der Waals surface area contributed by atoms with Crippen molar-refractivity contribution in [3.05, 3.63) is 41.3 Å². The normalized spacial score (nSPS) is 15.4. The number of aryl methyl sites for hydroxylation is 1. The van der Waals surface area contributed by atoms with Crippen molar-refractivity contribution >= 4 is 34.4 Å². The summed E-state index contributed by atoms with van der Waals surface area (Å²) in [6, 6.07) is 7.96. The third-order valence-electron chi connectivity index (χ3n) is 4.76. The van der Waals surface area contributed by atoms with Crippen LogP contribution in [-0.2, 0) is 16.8 Å². The van der Waals surface area contributed by atoms with E-state index in [1.165, 1.54) is 6.92 Å². The maximum Gasteiger partial charge on any atom is 0.222 e. The Morgan fingerprint density at radius 1 is 1.32 bits per heavy atom. The van der Waals surface area contributed by atoms with Gasteiger partial charge in [-0.15, -0.1) is 0 Å². The van der Waals surface area contributed by atoms with E-state index < -0.39 is 0 Å². The van der Waals surface area contributed by atoms with Crippen LogP contribution in [-0.4, -0.2) is 20.4 Å². The van der Waals surface area contributed by atoms with Gasteiger partial charge in [-0.1, -0.05) is 17.7 Å². The van der Waals surface area contributed by atoms with Gasteiger partial charge in [0.25, 0.3) is 0 Å². The number of amides is 1. The average molecular weight is 355 g/mol. The quantitative estimate of drug-likeness (QED) is 0.742. The van der Waals surface area contributed by atoms with E-state index in [0.29, 0.717) is 10.8 Å². The Morgan fingerprint density at radius 2 is 2.12 bits per heavy atom. The second-order valence-corrected chi connectivity index (χ2v) is 7.52. The van der Waals surface area contributed by atoms with E-state index in [1.54, 1.807) is 12.3 Å². The lowest BCUT2D eigenvalue weighted by atomic mass is 10.0. The van der Waals surface area contributed by atoms with Gasteiger partial charge in [0.2, 0.25) is 5.91 Å². The number of rotatable bonds is 2. The molecule has 0 saturated heterocycles. The van der Waals surface area contributed by atoms with Crippen LogP contribution in [0.3, 0.4) is 0 Å². The largest absolute Gasteiger partial charge is 0.322 e. The lowest BCUT2D eigenvalue weighted by Gasteiger charge is -2.22. The molecule has 1 N–H and O–H groups in total. The molecule has 3 heterocycles. The van der Waals surface area contributed by atoms with Crippen LogP contribution in [0.4, 0.5) is 5.82 Å². The molecule has 1 aliphatic heterocycles. The molecule has 0 saturated carbocycles. The Hall–Kier alpha value is -2.40. The zero-order chi connectivity index (χ0) is 17.8. The number of imidazole rings is 1. The minimum absolute atomic E-state index is 0.0616. The van der Waals surface area contributed by atoms with E-state index in [9.17, 15) is 4.79 Å². The van der Waals surface area contributed by atoms with Crippen LogP contribution in [0.25, 0.3) is 22.2 Å². The molecule has 0 atom stereocenters. The number of carbonyl (C=O) groups excluding carboxylic acids is 1. The molecular formula is C19H19ClN4O. The first-order valence-corrected chi connectivity index (χ1v) is 8.68. The molecule has 128 valence electrons. The maximum absolute atomic E-state index is 11.3. The number of anilines is 1. The molecule has 4 rings (SSSR count). The number of halogens is 1. The SMILES string of the molecule is CC(=O)Nc1cc(-c2ccc3nc4n(c3c2)C(C)(C)CC4)c(Cl)cn1. The van der Waals surface area contributed by atoms with Crippen LogP contribution in [0.1, 0.15) is 33.0 Å². The molecule has 0 fully saturated rings. The number of pyridine rings is 1. The lowest BCUT2D eigenvalue weighted by Crippen LogP contribution is -2.20. The highest BCUT2D eigenvalue weighted by Crippen LogP contribution is 2.37. The van der Waals surface area contributed by atoms with E-state index in [4.69, 9.17) is 16.6 Å². The van der Waals surface area contributed by atoms with Crippen molar-refractivity contribution < 1.29 is 4.79 Å². The Balaban J connectivity index is 1.87. The van der Waals surface area contributed by atoms with Gasteiger partial charge in [-0.25, -0.2) is 9.97 Å². The van der Waals surface area contributed by atoms with Gasteiger partial charge in [-0.05, 0) is 44.0 Å². The summed E-state index contributed by atoms with van der Waals surface area (Å²) in [5.41, 5.74) is 4.00. The standard InChI is InChI=1S/C19H19ClN4O/c1-11(25)22-17-9-13(14(20)10-21-17)12-4-5-15-16(8-12)24-18(23-15)6-7-19(24,2)3/h4-5,8-10H,6-7H2,1-3H3,(H,21,22,25). The van der Waals surface area contributed by atoms with Crippen molar-refractivity contribution in [1.29, 1.82) is 0 Å². The number of nitrogens with zero attached hydrogens (tertiary/aromatic N) is 3. The number of nitrogens with one attached hydrogen (secondary N) is 1. The number of carbonyl (C=O) groups is 1. The van der Waals surface area contributed by atoms with Crippen LogP contribution < -0.4 is 5.32 Å². The molecule has 0 aliphatic carbocycles. The van der Waals surface area contributed by atoms with Crippen molar-refractivity contribution in [1.82, 2.24) is 14.5 Å². The summed E-state index contributed by atoms with van der Waals surface area (Å²) in [5, 5.41) is 3.25. The van der Waals surface area contributed by atoms with E-state index in [2.05, 4.69) is 34.8 Å². The third-order valence-corrected chi connectivity index (χ3v) is 5.06. The number of hydrogen-bond acceptors (Lipinski definition) is 3. The first kappa shape index (κ1) is 16.1. The molecule has 0 spiro atoms. The number of aromatic nitrogens is 3. The number of benzene rings is 1. The monoisotopic (exact) mass is 354 g/mol. The van der Waals surface area contributed by atoms with Gasteiger partial charge >= 0.3 is 0 Å². The smallest absolute Gasteiger partial charge is 0.222 e. The predicted octanol–water partition coefficient (Wildman–Crippen LogP) is 4.39. The first-order chi connectivity index (χ1) is 11.8.